The normalized spacial score (nSPS) is 19.8. The Kier molecular flexibility index (Phi) is 5.05. The lowest BCUT2D eigenvalue weighted by Crippen LogP contribution is -2.41. The first-order valence-electron chi connectivity index (χ1n) is 9.22. The van der Waals surface area contributed by atoms with E-state index in [0.29, 0.717) is 6.54 Å². The Morgan fingerprint density at radius 2 is 1.65 bits per heavy atom. The fourth-order valence-electron chi connectivity index (χ4n) is 3.58. The maximum Gasteiger partial charge on any atom is 0.244 e. The van der Waals surface area contributed by atoms with Gasteiger partial charge in [0.2, 0.25) is 5.91 Å². The van der Waals surface area contributed by atoms with Crippen molar-refractivity contribution in [2.24, 2.45) is 0 Å². The number of rotatable bonds is 5. The van der Waals surface area contributed by atoms with Crippen LogP contribution in [0.3, 0.4) is 0 Å². The van der Waals surface area contributed by atoms with Gasteiger partial charge in [0.05, 0.1) is 5.54 Å². The highest BCUT2D eigenvalue weighted by atomic mass is 16.2. The summed E-state index contributed by atoms with van der Waals surface area (Å²) in [4.78, 5) is 17.3. The number of nitrogens with one attached hydrogen (secondary N) is 1. The van der Waals surface area contributed by atoms with Crippen molar-refractivity contribution in [3.63, 3.8) is 0 Å². The molecule has 2 aromatic carbocycles. The van der Waals surface area contributed by atoms with Crippen molar-refractivity contribution in [2.75, 3.05) is 26.0 Å². The van der Waals surface area contributed by atoms with Crippen LogP contribution in [-0.4, -0.2) is 41.9 Å². The average Bonchev–Trinajstić information content (AvgIpc) is 2.81. The van der Waals surface area contributed by atoms with Crippen molar-refractivity contribution < 1.29 is 4.79 Å². The molecule has 1 N–H and O–H groups in total. The first-order valence-corrected chi connectivity index (χ1v) is 9.22. The summed E-state index contributed by atoms with van der Waals surface area (Å²) in [6, 6.07) is 16.9. The van der Waals surface area contributed by atoms with Crippen molar-refractivity contribution in [3.8, 4) is 0 Å². The predicted octanol–water partition coefficient (Wildman–Crippen LogP) is 3.83. The second-order valence-corrected chi connectivity index (χ2v) is 7.65. The van der Waals surface area contributed by atoms with E-state index < -0.39 is 5.54 Å². The molecule has 1 heterocycles. The zero-order valence-electron chi connectivity index (χ0n) is 16.4. The number of amides is 1. The van der Waals surface area contributed by atoms with Gasteiger partial charge in [-0.1, -0.05) is 42.0 Å². The van der Waals surface area contributed by atoms with E-state index in [2.05, 4.69) is 65.7 Å². The zero-order chi connectivity index (χ0) is 18.9. The van der Waals surface area contributed by atoms with E-state index in [0.717, 1.165) is 17.7 Å². The van der Waals surface area contributed by atoms with Crippen molar-refractivity contribution in [3.05, 3.63) is 65.2 Å². The van der Waals surface area contributed by atoms with Crippen LogP contribution in [0.15, 0.2) is 48.5 Å². The Labute approximate surface area is 156 Å². The molecule has 0 saturated carbocycles. The van der Waals surface area contributed by atoms with Gasteiger partial charge in [0.15, 0.2) is 0 Å². The summed E-state index contributed by atoms with van der Waals surface area (Å²) in [7, 11) is 3.96. The molecule has 1 aliphatic rings. The maximum atomic E-state index is 13.1. The minimum absolute atomic E-state index is 0.0335. The van der Waals surface area contributed by atoms with Gasteiger partial charge in [-0.2, -0.15) is 0 Å². The molecule has 26 heavy (non-hydrogen) atoms. The molecule has 4 heteroatoms. The van der Waals surface area contributed by atoms with Crippen molar-refractivity contribution in [1.82, 2.24) is 9.80 Å². The van der Waals surface area contributed by atoms with Crippen LogP contribution in [0.2, 0.25) is 0 Å². The zero-order valence-corrected chi connectivity index (χ0v) is 16.4. The number of aryl methyl sites for hydroxylation is 1. The van der Waals surface area contributed by atoms with Crippen LogP contribution >= 0.6 is 0 Å². The largest absolute Gasteiger partial charge is 0.388 e. The summed E-state index contributed by atoms with van der Waals surface area (Å²) >= 11 is 0. The Morgan fingerprint density at radius 1 is 1.04 bits per heavy atom. The van der Waals surface area contributed by atoms with Crippen LogP contribution in [0.5, 0.6) is 0 Å². The van der Waals surface area contributed by atoms with Gasteiger partial charge in [0, 0.05) is 19.3 Å². The summed E-state index contributed by atoms with van der Waals surface area (Å²) in [5.74, 6) is 0.190. The van der Waals surface area contributed by atoms with Gasteiger partial charge in [-0.25, -0.2) is 0 Å². The number of hydrogen-bond donors (Lipinski definition) is 1. The summed E-state index contributed by atoms with van der Waals surface area (Å²) in [6.07, 6.45) is 0.829. The van der Waals surface area contributed by atoms with Crippen molar-refractivity contribution in [1.29, 1.82) is 0 Å². The van der Waals surface area contributed by atoms with E-state index in [1.807, 2.05) is 32.8 Å². The van der Waals surface area contributed by atoms with Gasteiger partial charge >= 0.3 is 0 Å². The Morgan fingerprint density at radius 3 is 2.23 bits per heavy atom. The van der Waals surface area contributed by atoms with Gasteiger partial charge in [-0.15, -0.1) is 0 Å². The molecule has 0 aromatic heterocycles. The minimum Gasteiger partial charge on any atom is -0.388 e. The monoisotopic (exact) mass is 351 g/mol. The van der Waals surface area contributed by atoms with E-state index in [1.165, 1.54) is 11.1 Å². The minimum atomic E-state index is -0.500. The van der Waals surface area contributed by atoms with Crippen LogP contribution in [0.25, 0.3) is 0 Å². The average molecular weight is 351 g/mol. The molecule has 4 nitrogen and oxygen atoms in total. The predicted molar refractivity (Wildman–Crippen MR) is 107 cm³/mol. The molecule has 1 atom stereocenters. The second-order valence-electron chi connectivity index (χ2n) is 7.65. The van der Waals surface area contributed by atoms with Crippen LogP contribution in [0.4, 0.5) is 5.69 Å². The Hall–Kier alpha value is -2.33. The number of hydrogen-bond acceptors (Lipinski definition) is 3. The Balaban J connectivity index is 1.85. The van der Waals surface area contributed by atoms with E-state index in [9.17, 15) is 4.79 Å². The van der Waals surface area contributed by atoms with Crippen LogP contribution < -0.4 is 5.32 Å². The fourth-order valence-corrected chi connectivity index (χ4v) is 3.58. The first kappa shape index (κ1) is 18.5. The van der Waals surface area contributed by atoms with Gasteiger partial charge in [-0.3, -0.25) is 9.69 Å². The smallest absolute Gasteiger partial charge is 0.244 e. The first-order chi connectivity index (χ1) is 12.3. The number of nitrogens with zero attached hydrogens (tertiary/aromatic N) is 2. The molecule has 0 bridgehead atoms. The molecule has 138 valence electrons. The number of carbonyl (C=O) groups is 1. The molecule has 1 saturated heterocycles. The molecule has 0 aliphatic carbocycles. The summed E-state index contributed by atoms with van der Waals surface area (Å²) in [5.41, 5.74) is 4.24. The molecule has 1 fully saturated rings. The molecule has 1 amide bonds. The van der Waals surface area contributed by atoms with E-state index in [1.54, 1.807) is 0 Å². The maximum absolute atomic E-state index is 13.1. The number of anilines is 1. The topological polar surface area (TPSA) is 35.6 Å². The van der Waals surface area contributed by atoms with Crippen LogP contribution in [0.1, 0.15) is 36.7 Å². The third-order valence-corrected chi connectivity index (χ3v) is 5.59. The highest BCUT2D eigenvalue weighted by Crippen LogP contribution is 2.39. The van der Waals surface area contributed by atoms with Gasteiger partial charge in [0.25, 0.3) is 0 Å². The van der Waals surface area contributed by atoms with Crippen molar-refractivity contribution in [2.45, 2.75) is 38.9 Å². The number of benzene rings is 2. The lowest BCUT2D eigenvalue weighted by Gasteiger charge is -2.30. The summed E-state index contributed by atoms with van der Waals surface area (Å²) < 4.78 is 0. The fraction of sp³-hybridized carbons (Fsp3) is 0.409. The van der Waals surface area contributed by atoms with E-state index in [4.69, 9.17) is 0 Å². The highest BCUT2D eigenvalue weighted by Gasteiger charge is 2.49. The molecule has 1 aliphatic heterocycles. The SMILES string of the molecule is CNc1ccc(C2N(CCc3ccc(C)cc3)C(=O)C(C)(C)N2C)cc1. The van der Waals surface area contributed by atoms with Crippen molar-refractivity contribution >= 4 is 11.6 Å². The van der Waals surface area contributed by atoms with Crippen LogP contribution in [-0.2, 0) is 11.2 Å². The lowest BCUT2D eigenvalue weighted by molar-refractivity contribution is -0.132. The molecule has 0 spiro atoms. The van der Waals surface area contributed by atoms with Gasteiger partial charge < -0.3 is 10.2 Å². The molecule has 0 radical (unpaired) electrons. The molecule has 2 aromatic rings. The lowest BCUT2D eigenvalue weighted by atomic mass is 10.0. The molecular formula is C22H29N3O. The number of likely N-dealkylation sites (N-methyl/N-ethyl adjacent to an activating group) is 1. The quantitative estimate of drug-likeness (QED) is 0.889. The van der Waals surface area contributed by atoms with Gasteiger partial charge in [0.1, 0.15) is 6.17 Å². The molecule has 3 rings (SSSR count). The Bertz CT molecular complexity index is 765. The van der Waals surface area contributed by atoms with Gasteiger partial charge in [-0.05, 0) is 57.5 Å². The molecular weight excluding hydrogens is 322 g/mol. The van der Waals surface area contributed by atoms with Crippen LogP contribution in [0, 0.1) is 6.92 Å². The standard InChI is InChI=1S/C22H29N3O/c1-16-6-8-17(9-7-16)14-15-25-20(24(5)22(2,3)21(25)26)18-10-12-19(23-4)13-11-18/h6-13,20,23H,14-15H2,1-5H3. The summed E-state index contributed by atoms with van der Waals surface area (Å²) in [6.45, 7) is 6.83. The number of carbonyl (C=O) groups excluding carboxylic acids is 1. The van der Waals surface area contributed by atoms with E-state index in [-0.39, 0.29) is 12.1 Å². The third-order valence-electron chi connectivity index (χ3n) is 5.59. The third kappa shape index (κ3) is 3.34. The highest BCUT2D eigenvalue weighted by molar-refractivity contribution is 5.88. The second kappa shape index (κ2) is 7.12. The summed E-state index contributed by atoms with van der Waals surface area (Å²) in [5, 5.41) is 3.15. The molecule has 1 unspecified atom stereocenters. The van der Waals surface area contributed by atoms with E-state index >= 15 is 0 Å².